The van der Waals surface area contributed by atoms with Crippen molar-refractivity contribution in [3.63, 3.8) is 0 Å². The van der Waals surface area contributed by atoms with Gasteiger partial charge in [0.05, 0.1) is 7.11 Å². The highest BCUT2D eigenvalue weighted by atomic mass is 16.5. The largest absolute Gasteiger partial charge is 0.496 e. The average molecular weight is 279 g/mol. The van der Waals surface area contributed by atoms with E-state index in [4.69, 9.17) is 9.84 Å². The second kappa shape index (κ2) is 7.53. The Balaban J connectivity index is 2.55. The summed E-state index contributed by atoms with van der Waals surface area (Å²) in [7, 11) is 1.57. The summed E-state index contributed by atoms with van der Waals surface area (Å²) >= 11 is 0. The second-order valence-electron chi connectivity index (χ2n) is 4.84. The molecule has 5 nitrogen and oxygen atoms in total. The number of carboxylic acid groups (broad SMARTS) is 1. The molecule has 0 saturated carbocycles. The first-order valence-electron chi connectivity index (χ1n) is 6.61. The fraction of sp³-hybridized carbons (Fsp3) is 0.467. The summed E-state index contributed by atoms with van der Waals surface area (Å²) in [6, 6.07) is 5.23. The standard InChI is InChI=1S/C15H21NO4/c1-10-7-8-12(9-13(10)20-3)15(19)16-11(2)5-4-6-14(17)18/h7-9,11H,4-6H2,1-3H3,(H,16,19)(H,17,18). The summed E-state index contributed by atoms with van der Waals surface area (Å²) in [4.78, 5) is 22.5. The Morgan fingerprint density at radius 3 is 2.70 bits per heavy atom. The number of nitrogens with one attached hydrogen (secondary N) is 1. The molecule has 0 spiro atoms. The number of amides is 1. The minimum atomic E-state index is -0.813. The molecular weight excluding hydrogens is 258 g/mol. The Hall–Kier alpha value is -2.04. The van der Waals surface area contributed by atoms with E-state index in [9.17, 15) is 9.59 Å². The number of carboxylic acids is 1. The number of aryl methyl sites for hydroxylation is 1. The van der Waals surface area contributed by atoms with Gasteiger partial charge < -0.3 is 15.2 Å². The SMILES string of the molecule is COc1cc(C(=O)NC(C)CCCC(=O)O)ccc1C. The second-order valence-corrected chi connectivity index (χ2v) is 4.84. The Labute approximate surface area is 118 Å². The molecule has 1 atom stereocenters. The lowest BCUT2D eigenvalue weighted by atomic mass is 10.1. The molecule has 2 N–H and O–H groups in total. The first-order valence-corrected chi connectivity index (χ1v) is 6.61. The van der Waals surface area contributed by atoms with E-state index in [0.29, 0.717) is 24.2 Å². The zero-order valence-electron chi connectivity index (χ0n) is 12.1. The number of carbonyl (C=O) groups excluding carboxylic acids is 1. The van der Waals surface area contributed by atoms with Crippen molar-refractivity contribution in [2.24, 2.45) is 0 Å². The van der Waals surface area contributed by atoms with Crippen LogP contribution in [0, 0.1) is 6.92 Å². The highest BCUT2D eigenvalue weighted by molar-refractivity contribution is 5.94. The summed E-state index contributed by atoms with van der Waals surface area (Å²) in [5, 5.41) is 11.4. The first kappa shape index (κ1) is 16.0. The van der Waals surface area contributed by atoms with Gasteiger partial charge in [-0.25, -0.2) is 0 Å². The van der Waals surface area contributed by atoms with E-state index in [1.165, 1.54) is 0 Å². The third kappa shape index (κ3) is 4.91. The van der Waals surface area contributed by atoms with Crippen molar-refractivity contribution in [2.45, 2.75) is 39.2 Å². The highest BCUT2D eigenvalue weighted by Crippen LogP contribution is 2.19. The van der Waals surface area contributed by atoms with Gasteiger partial charge in [0.15, 0.2) is 0 Å². The molecule has 1 unspecified atom stereocenters. The molecule has 1 aromatic carbocycles. The summed E-state index contributed by atoms with van der Waals surface area (Å²) in [6.45, 7) is 3.78. The Morgan fingerprint density at radius 2 is 2.10 bits per heavy atom. The Kier molecular flexibility index (Phi) is 6.03. The number of aliphatic carboxylic acids is 1. The van der Waals surface area contributed by atoms with Crippen molar-refractivity contribution in [3.05, 3.63) is 29.3 Å². The van der Waals surface area contributed by atoms with Crippen molar-refractivity contribution in [1.82, 2.24) is 5.32 Å². The molecule has 1 aromatic rings. The zero-order chi connectivity index (χ0) is 15.1. The van der Waals surface area contributed by atoms with E-state index < -0.39 is 5.97 Å². The maximum Gasteiger partial charge on any atom is 0.303 e. The van der Waals surface area contributed by atoms with Crippen molar-refractivity contribution in [3.8, 4) is 5.75 Å². The van der Waals surface area contributed by atoms with Crippen molar-refractivity contribution < 1.29 is 19.4 Å². The molecule has 5 heteroatoms. The summed E-state index contributed by atoms with van der Waals surface area (Å²) in [6.07, 6.45) is 1.31. The lowest BCUT2D eigenvalue weighted by Crippen LogP contribution is -2.32. The number of hydrogen-bond acceptors (Lipinski definition) is 3. The molecule has 0 aromatic heterocycles. The highest BCUT2D eigenvalue weighted by Gasteiger charge is 2.12. The van der Waals surface area contributed by atoms with Gasteiger partial charge in [-0.3, -0.25) is 9.59 Å². The van der Waals surface area contributed by atoms with Crippen LogP contribution in [0.5, 0.6) is 5.75 Å². The zero-order valence-corrected chi connectivity index (χ0v) is 12.1. The molecular formula is C15H21NO4. The molecule has 1 amide bonds. The molecule has 1 rings (SSSR count). The van der Waals surface area contributed by atoms with Gasteiger partial charge in [-0.1, -0.05) is 6.07 Å². The number of hydrogen-bond donors (Lipinski definition) is 2. The van der Waals surface area contributed by atoms with Crippen LogP contribution in [-0.4, -0.2) is 30.1 Å². The van der Waals surface area contributed by atoms with E-state index in [1.807, 2.05) is 19.9 Å². The number of carbonyl (C=O) groups is 2. The van der Waals surface area contributed by atoms with Crippen LogP contribution in [0.15, 0.2) is 18.2 Å². The predicted molar refractivity (Wildman–Crippen MR) is 76.1 cm³/mol. The summed E-state index contributed by atoms with van der Waals surface area (Å²) in [5.41, 5.74) is 1.51. The number of methoxy groups -OCH3 is 1. The molecule has 0 bridgehead atoms. The van der Waals surface area contributed by atoms with Crippen molar-refractivity contribution >= 4 is 11.9 Å². The van der Waals surface area contributed by atoms with Gasteiger partial charge in [0.25, 0.3) is 5.91 Å². The van der Waals surface area contributed by atoms with Crippen molar-refractivity contribution in [2.75, 3.05) is 7.11 Å². The van der Waals surface area contributed by atoms with Gasteiger partial charge in [-0.05, 0) is 44.4 Å². The predicted octanol–water partition coefficient (Wildman–Crippen LogP) is 2.38. The molecule has 0 fully saturated rings. The van der Waals surface area contributed by atoms with Crippen LogP contribution < -0.4 is 10.1 Å². The van der Waals surface area contributed by atoms with Crippen LogP contribution in [0.1, 0.15) is 42.1 Å². The number of rotatable bonds is 7. The lowest BCUT2D eigenvalue weighted by molar-refractivity contribution is -0.137. The maximum atomic E-state index is 12.0. The van der Waals surface area contributed by atoms with E-state index in [1.54, 1.807) is 19.2 Å². The molecule has 0 saturated heterocycles. The summed E-state index contributed by atoms with van der Waals surface area (Å²) < 4.78 is 5.19. The monoisotopic (exact) mass is 279 g/mol. The van der Waals surface area contributed by atoms with Gasteiger partial charge in [0.1, 0.15) is 5.75 Å². The molecule has 0 aliphatic rings. The Bertz CT molecular complexity index is 485. The third-order valence-electron chi connectivity index (χ3n) is 3.08. The molecule has 110 valence electrons. The third-order valence-corrected chi connectivity index (χ3v) is 3.08. The van der Waals surface area contributed by atoms with Gasteiger partial charge in [-0.15, -0.1) is 0 Å². The van der Waals surface area contributed by atoms with Crippen molar-refractivity contribution in [1.29, 1.82) is 0 Å². The molecule has 0 aliphatic carbocycles. The summed E-state index contributed by atoms with van der Waals surface area (Å²) in [5.74, 6) is -0.311. The van der Waals surface area contributed by atoms with Crippen LogP contribution in [-0.2, 0) is 4.79 Å². The van der Waals surface area contributed by atoms with E-state index in [0.717, 1.165) is 5.56 Å². The van der Waals surface area contributed by atoms with E-state index >= 15 is 0 Å². The minimum absolute atomic E-state index is 0.0610. The minimum Gasteiger partial charge on any atom is -0.496 e. The fourth-order valence-electron chi connectivity index (χ4n) is 1.90. The van der Waals surface area contributed by atoms with E-state index in [2.05, 4.69) is 5.32 Å². The topological polar surface area (TPSA) is 75.6 Å². The normalized spacial score (nSPS) is 11.8. The fourth-order valence-corrected chi connectivity index (χ4v) is 1.90. The smallest absolute Gasteiger partial charge is 0.303 e. The Morgan fingerprint density at radius 1 is 1.40 bits per heavy atom. The van der Waals surface area contributed by atoms with Gasteiger partial charge in [-0.2, -0.15) is 0 Å². The van der Waals surface area contributed by atoms with Crippen LogP contribution >= 0.6 is 0 Å². The average Bonchev–Trinajstić information content (AvgIpc) is 2.38. The molecule has 0 aliphatic heterocycles. The van der Waals surface area contributed by atoms with Crippen LogP contribution in [0.2, 0.25) is 0 Å². The van der Waals surface area contributed by atoms with Gasteiger partial charge >= 0.3 is 5.97 Å². The van der Waals surface area contributed by atoms with E-state index in [-0.39, 0.29) is 18.4 Å². The maximum absolute atomic E-state index is 12.0. The van der Waals surface area contributed by atoms with Crippen LogP contribution in [0.4, 0.5) is 0 Å². The first-order chi connectivity index (χ1) is 9.43. The number of benzene rings is 1. The molecule has 20 heavy (non-hydrogen) atoms. The molecule has 0 heterocycles. The van der Waals surface area contributed by atoms with Crippen LogP contribution in [0.25, 0.3) is 0 Å². The van der Waals surface area contributed by atoms with Gasteiger partial charge in [0, 0.05) is 18.0 Å². The van der Waals surface area contributed by atoms with Crippen LogP contribution in [0.3, 0.4) is 0 Å². The molecule has 0 radical (unpaired) electrons. The quantitative estimate of drug-likeness (QED) is 0.803. The number of ether oxygens (including phenoxy) is 1. The van der Waals surface area contributed by atoms with Gasteiger partial charge in [0.2, 0.25) is 0 Å². The lowest BCUT2D eigenvalue weighted by Gasteiger charge is -2.14.